The zero-order valence-electron chi connectivity index (χ0n) is 23.5. The number of rotatable bonds is 6. The van der Waals surface area contributed by atoms with E-state index in [0.717, 1.165) is 17.9 Å². The van der Waals surface area contributed by atoms with Gasteiger partial charge in [-0.05, 0) is 76.7 Å². The first kappa shape index (κ1) is 24.5. The van der Waals surface area contributed by atoms with Crippen LogP contribution >= 0.6 is 0 Å². The molecule has 1 aromatic heterocycles. The molecule has 2 nitrogen and oxygen atoms in total. The lowest BCUT2D eigenvalue weighted by Gasteiger charge is -2.27. The van der Waals surface area contributed by atoms with Crippen LogP contribution in [0.2, 0.25) is 0 Å². The highest BCUT2D eigenvalue weighted by Gasteiger charge is 2.16. The van der Waals surface area contributed by atoms with E-state index in [1.165, 1.54) is 60.2 Å². The Balaban J connectivity index is 1.18. The average molecular weight is 539 g/mol. The number of para-hydroxylation sites is 1. The van der Waals surface area contributed by atoms with Gasteiger partial charge in [0.15, 0.2) is 0 Å². The molecule has 0 saturated carbocycles. The van der Waals surface area contributed by atoms with Crippen LogP contribution in [0, 0.1) is 0 Å². The zero-order valence-corrected chi connectivity index (χ0v) is 23.5. The van der Waals surface area contributed by atoms with Gasteiger partial charge in [0.05, 0.1) is 5.69 Å². The van der Waals surface area contributed by atoms with Crippen LogP contribution in [-0.4, -0.2) is 4.57 Å². The molecule has 0 N–H and O–H groups in total. The Hall–Kier alpha value is -5.34. The lowest BCUT2D eigenvalue weighted by atomic mass is 9.98. The van der Waals surface area contributed by atoms with Crippen molar-refractivity contribution in [2.45, 2.75) is 13.5 Å². The molecule has 0 saturated heterocycles. The van der Waals surface area contributed by atoms with Gasteiger partial charge in [-0.2, -0.15) is 0 Å². The highest BCUT2D eigenvalue weighted by Crippen LogP contribution is 2.40. The fraction of sp³-hybridized carbons (Fsp3) is 0.0500. The third kappa shape index (κ3) is 3.88. The zero-order chi connectivity index (χ0) is 28.0. The molecule has 0 aliphatic rings. The number of aromatic nitrogens is 1. The minimum Gasteiger partial charge on any atom is -0.341 e. The summed E-state index contributed by atoms with van der Waals surface area (Å²) in [7, 11) is 0. The van der Waals surface area contributed by atoms with Crippen molar-refractivity contribution in [2.75, 3.05) is 4.90 Å². The van der Waals surface area contributed by atoms with Crippen molar-refractivity contribution in [1.29, 1.82) is 0 Å². The van der Waals surface area contributed by atoms with Gasteiger partial charge < -0.3 is 9.47 Å². The van der Waals surface area contributed by atoms with Crippen LogP contribution in [0.4, 0.5) is 17.1 Å². The molecule has 0 unspecified atom stereocenters. The molecule has 42 heavy (non-hydrogen) atoms. The summed E-state index contributed by atoms with van der Waals surface area (Å²) >= 11 is 0. The number of hydrogen-bond donors (Lipinski definition) is 0. The molecule has 2 heteroatoms. The molecule has 0 spiro atoms. The molecule has 0 amide bonds. The van der Waals surface area contributed by atoms with Crippen molar-refractivity contribution in [1.82, 2.24) is 4.57 Å². The molecule has 0 radical (unpaired) electrons. The number of benzene rings is 7. The number of anilines is 3. The van der Waals surface area contributed by atoms with E-state index in [4.69, 9.17) is 0 Å². The standard InChI is InChI=1S/C40H30N2/c1-2-41-37-17-9-12-31-22-26-35-30(23-27-38(41)40(35)39(31)37)21-18-28-19-24-33(25-20-28)42(32-13-4-3-5-14-32)36-16-8-11-29-10-6-7-15-34(29)36/h3-27H,2H2,1H3. The molecular formula is C40H30N2. The van der Waals surface area contributed by atoms with Crippen molar-refractivity contribution >= 4 is 72.6 Å². The third-order valence-electron chi connectivity index (χ3n) is 8.54. The lowest BCUT2D eigenvalue weighted by Crippen LogP contribution is -2.10. The molecule has 200 valence electrons. The smallest absolute Gasteiger partial charge is 0.0540 e. The molecule has 8 aromatic rings. The van der Waals surface area contributed by atoms with Crippen molar-refractivity contribution in [3.05, 3.63) is 151 Å². The maximum absolute atomic E-state index is 2.44. The van der Waals surface area contributed by atoms with Crippen LogP contribution in [-0.2, 0) is 6.54 Å². The Bertz CT molecular complexity index is 2210. The first-order valence-electron chi connectivity index (χ1n) is 14.7. The van der Waals surface area contributed by atoms with E-state index in [9.17, 15) is 0 Å². The quantitative estimate of drug-likeness (QED) is 0.151. The van der Waals surface area contributed by atoms with Crippen molar-refractivity contribution in [3.8, 4) is 0 Å². The fourth-order valence-electron chi connectivity index (χ4n) is 6.60. The number of hydrogen-bond acceptors (Lipinski definition) is 1. The second-order valence-corrected chi connectivity index (χ2v) is 10.9. The summed E-state index contributed by atoms with van der Waals surface area (Å²) in [5, 5.41) is 7.83. The van der Waals surface area contributed by atoms with Gasteiger partial charge in [-0.15, -0.1) is 0 Å². The molecule has 0 aliphatic heterocycles. The van der Waals surface area contributed by atoms with E-state index in [1.54, 1.807) is 0 Å². The summed E-state index contributed by atoms with van der Waals surface area (Å²) < 4.78 is 2.44. The predicted octanol–water partition coefficient (Wildman–Crippen LogP) is 11.2. The van der Waals surface area contributed by atoms with Crippen LogP contribution in [0.25, 0.3) is 55.5 Å². The molecule has 0 aliphatic carbocycles. The first-order chi connectivity index (χ1) is 20.8. The number of fused-ring (bicyclic) bond motifs is 1. The maximum atomic E-state index is 2.44. The molecular weight excluding hydrogens is 508 g/mol. The minimum atomic E-state index is 0.962. The van der Waals surface area contributed by atoms with Gasteiger partial charge in [0.25, 0.3) is 0 Å². The summed E-state index contributed by atoms with van der Waals surface area (Å²) in [6.07, 6.45) is 4.49. The van der Waals surface area contributed by atoms with Gasteiger partial charge in [-0.1, -0.05) is 109 Å². The molecule has 0 fully saturated rings. The van der Waals surface area contributed by atoms with E-state index in [2.05, 4.69) is 168 Å². The van der Waals surface area contributed by atoms with Gasteiger partial charge in [0.1, 0.15) is 0 Å². The lowest BCUT2D eigenvalue weighted by molar-refractivity contribution is 0.827. The molecule has 7 aromatic carbocycles. The van der Waals surface area contributed by atoms with Crippen LogP contribution in [0.3, 0.4) is 0 Å². The molecule has 0 bridgehead atoms. The van der Waals surface area contributed by atoms with Crippen LogP contribution in [0.1, 0.15) is 18.1 Å². The van der Waals surface area contributed by atoms with Crippen molar-refractivity contribution < 1.29 is 0 Å². The number of nitrogens with zero attached hydrogens (tertiary/aromatic N) is 2. The van der Waals surface area contributed by atoms with Gasteiger partial charge in [-0.25, -0.2) is 0 Å². The second-order valence-electron chi connectivity index (χ2n) is 10.9. The Kier molecular flexibility index (Phi) is 5.79. The van der Waals surface area contributed by atoms with Crippen molar-refractivity contribution in [2.24, 2.45) is 0 Å². The van der Waals surface area contributed by atoms with Gasteiger partial charge >= 0.3 is 0 Å². The van der Waals surface area contributed by atoms with E-state index in [-0.39, 0.29) is 0 Å². The van der Waals surface area contributed by atoms with E-state index < -0.39 is 0 Å². The fourth-order valence-corrected chi connectivity index (χ4v) is 6.60. The largest absolute Gasteiger partial charge is 0.341 e. The van der Waals surface area contributed by atoms with Crippen LogP contribution < -0.4 is 4.90 Å². The topological polar surface area (TPSA) is 8.17 Å². The predicted molar refractivity (Wildman–Crippen MR) is 181 cm³/mol. The second kappa shape index (κ2) is 9.94. The molecule has 1 heterocycles. The third-order valence-corrected chi connectivity index (χ3v) is 8.54. The van der Waals surface area contributed by atoms with Crippen molar-refractivity contribution in [3.63, 3.8) is 0 Å². The van der Waals surface area contributed by atoms with Crippen LogP contribution in [0.15, 0.2) is 140 Å². The Morgan fingerprint density at radius 3 is 2.10 bits per heavy atom. The summed E-state index contributed by atoms with van der Waals surface area (Å²) in [5.41, 5.74) is 8.50. The van der Waals surface area contributed by atoms with Gasteiger partial charge in [0, 0.05) is 45.1 Å². The summed E-state index contributed by atoms with van der Waals surface area (Å²) in [4.78, 5) is 2.35. The van der Waals surface area contributed by atoms with Gasteiger partial charge in [0.2, 0.25) is 0 Å². The Morgan fingerprint density at radius 1 is 0.524 bits per heavy atom. The average Bonchev–Trinajstić information content (AvgIpc) is 3.39. The molecule has 0 atom stereocenters. The number of aryl methyl sites for hydroxylation is 1. The monoisotopic (exact) mass is 538 g/mol. The summed E-state index contributed by atoms with van der Waals surface area (Å²) in [6.45, 7) is 3.19. The Morgan fingerprint density at radius 2 is 1.24 bits per heavy atom. The molecule has 8 rings (SSSR count). The highest BCUT2D eigenvalue weighted by molar-refractivity contribution is 6.25. The van der Waals surface area contributed by atoms with E-state index in [0.29, 0.717) is 0 Å². The first-order valence-corrected chi connectivity index (χ1v) is 14.7. The van der Waals surface area contributed by atoms with Gasteiger partial charge in [-0.3, -0.25) is 0 Å². The summed E-state index contributed by atoms with van der Waals surface area (Å²) in [6, 6.07) is 50.4. The normalized spacial score (nSPS) is 11.9. The SMILES string of the molecule is CCn1c2cccc3ccc4c(C=Cc5ccc(N(c6ccccc6)c6cccc7ccccc67)cc5)ccc1c4c32. The highest BCUT2D eigenvalue weighted by atomic mass is 15.1. The van der Waals surface area contributed by atoms with Crippen LogP contribution in [0.5, 0.6) is 0 Å². The Labute approximate surface area is 245 Å². The van der Waals surface area contributed by atoms with E-state index in [1.807, 2.05) is 0 Å². The summed E-state index contributed by atoms with van der Waals surface area (Å²) in [5.74, 6) is 0. The maximum Gasteiger partial charge on any atom is 0.0540 e. The minimum absolute atomic E-state index is 0.962. The van der Waals surface area contributed by atoms with E-state index >= 15 is 0 Å².